The number of hydroxylamine groups is 1. The first-order valence-electron chi connectivity index (χ1n) is 9.59. The number of tetrazole rings is 1. The number of benzene rings is 1. The molecule has 9 heteroatoms. The van der Waals surface area contributed by atoms with Crippen LogP contribution in [0.5, 0.6) is 5.75 Å². The monoisotopic (exact) mass is 388 g/mol. The molecule has 0 radical (unpaired) electrons. The molecule has 0 saturated carbocycles. The number of piperidine rings is 1. The highest BCUT2D eigenvalue weighted by molar-refractivity contribution is 5.91. The number of para-hydroxylation sites is 2. The van der Waals surface area contributed by atoms with E-state index in [2.05, 4.69) is 32.4 Å². The number of rotatable bonds is 8. The number of aromatic amines is 1. The van der Waals surface area contributed by atoms with Gasteiger partial charge in [0.1, 0.15) is 11.4 Å². The third-order valence-corrected chi connectivity index (χ3v) is 5.22. The Morgan fingerprint density at radius 1 is 1.39 bits per heavy atom. The molecule has 1 aliphatic heterocycles. The molecule has 152 valence electrons. The van der Waals surface area contributed by atoms with Gasteiger partial charge in [-0.05, 0) is 36.9 Å². The largest absolute Gasteiger partial charge is 0.494 e. The van der Waals surface area contributed by atoms with Gasteiger partial charge in [0.25, 0.3) is 0 Å². The minimum atomic E-state index is -0.172. The van der Waals surface area contributed by atoms with E-state index in [0.29, 0.717) is 29.9 Å². The van der Waals surface area contributed by atoms with Crippen LogP contribution in [0, 0.1) is 11.8 Å². The minimum Gasteiger partial charge on any atom is -0.494 e. The van der Waals surface area contributed by atoms with Crippen LogP contribution in [-0.2, 0) is 16.1 Å². The van der Waals surface area contributed by atoms with Gasteiger partial charge in [-0.25, -0.2) is 0 Å². The van der Waals surface area contributed by atoms with E-state index < -0.39 is 0 Å². The number of ether oxygens (including phenoxy) is 1. The van der Waals surface area contributed by atoms with Crippen molar-refractivity contribution in [1.82, 2.24) is 25.5 Å². The summed E-state index contributed by atoms with van der Waals surface area (Å²) in [5.41, 5.74) is 0.628. The fourth-order valence-electron chi connectivity index (χ4n) is 3.58. The molecule has 0 bridgehead atoms. The predicted octanol–water partition coefficient (Wildman–Crippen LogP) is 1.69. The number of carbonyl (C=O) groups excluding carboxylic acids is 1. The highest BCUT2D eigenvalue weighted by atomic mass is 16.7. The van der Waals surface area contributed by atoms with Gasteiger partial charge in [-0.15, -0.1) is 10.2 Å². The van der Waals surface area contributed by atoms with Crippen molar-refractivity contribution in [3.63, 3.8) is 0 Å². The lowest BCUT2D eigenvalue weighted by Gasteiger charge is -2.37. The second-order valence-corrected chi connectivity index (χ2v) is 7.19. The minimum absolute atomic E-state index is 0.172. The van der Waals surface area contributed by atoms with Gasteiger partial charge < -0.3 is 9.64 Å². The number of hydrogen-bond acceptors (Lipinski definition) is 7. The van der Waals surface area contributed by atoms with Gasteiger partial charge in [0.15, 0.2) is 5.82 Å². The molecular formula is C19H28N6O3. The van der Waals surface area contributed by atoms with Gasteiger partial charge in [0.05, 0.1) is 13.7 Å². The Hall–Kier alpha value is -2.52. The number of nitrogens with zero attached hydrogens (tertiary/aromatic N) is 5. The smallest absolute Gasteiger partial charge is 0.247 e. The molecule has 0 unspecified atom stereocenters. The summed E-state index contributed by atoms with van der Waals surface area (Å²) in [6, 6.07) is 7.37. The van der Waals surface area contributed by atoms with Crippen molar-refractivity contribution >= 4 is 11.6 Å². The highest BCUT2D eigenvalue weighted by Gasteiger charge is 2.28. The first kappa shape index (κ1) is 20.2. The zero-order valence-electron chi connectivity index (χ0n) is 16.7. The zero-order chi connectivity index (χ0) is 19.9. The Morgan fingerprint density at radius 3 is 2.89 bits per heavy atom. The summed E-state index contributed by atoms with van der Waals surface area (Å²) in [4.78, 5) is 20.5. The van der Waals surface area contributed by atoms with Crippen LogP contribution < -0.4 is 9.80 Å². The van der Waals surface area contributed by atoms with Crippen LogP contribution in [0.2, 0.25) is 0 Å². The molecule has 1 amide bonds. The third-order valence-electron chi connectivity index (χ3n) is 5.22. The summed E-state index contributed by atoms with van der Waals surface area (Å²) < 4.78 is 5.36. The highest BCUT2D eigenvalue weighted by Crippen LogP contribution is 2.30. The topological polar surface area (TPSA) is 96.5 Å². The molecule has 1 fully saturated rings. The summed E-state index contributed by atoms with van der Waals surface area (Å²) >= 11 is 0. The molecule has 28 heavy (non-hydrogen) atoms. The van der Waals surface area contributed by atoms with Crippen LogP contribution in [0.3, 0.4) is 0 Å². The summed E-state index contributed by atoms with van der Waals surface area (Å²) in [6.45, 7) is 7.12. The number of carbonyl (C=O) groups is 1. The Morgan fingerprint density at radius 2 is 2.21 bits per heavy atom. The van der Waals surface area contributed by atoms with Crippen LogP contribution in [0.15, 0.2) is 24.3 Å². The zero-order valence-corrected chi connectivity index (χ0v) is 16.7. The first-order valence-corrected chi connectivity index (χ1v) is 9.59. The lowest BCUT2D eigenvalue weighted by molar-refractivity contribution is -0.125. The van der Waals surface area contributed by atoms with Crippen molar-refractivity contribution in [2.75, 3.05) is 38.4 Å². The van der Waals surface area contributed by atoms with Gasteiger partial charge in [-0.3, -0.25) is 9.63 Å². The number of nitrogens with one attached hydrogen (secondary N) is 1. The number of amides is 1. The lowest BCUT2D eigenvalue weighted by atomic mass is 9.87. The van der Waals surface area contributed by atoms with Crippen molar-refractivity contribution in [1.29, 1.82) is 0 Å². The lowest BCUT2D eigenvalue weighted by Crippen LogP contribution is -2.43. The number of H-pyrrole nitrogens is 1. The quantitative estimate of drug-likeness (QED) is 0.688. The fourth-order valence-corrected chi connectivity index (χ4v) is 3.58. The number of hydrogen-bond donors (Lipinski definition) is 1. The number of likely N-dealkylation sites (tertiary alicyclic amines) is 1. The third kappa shape index (κ3) is 5.05. The molecule has 3 rings (SSSR count). The molecular weight excluding hydrogens is 360 g/mol. The predicted molar refractivity (Wildman–Crippen MR) is 104 cm³/mol. The number of aromatic nitrogens is 4. The van der Waals surface area contributed by atoms with Crippen molar-refractivity contribution in [3.05, 3.63) is 30.1 Å². The van der Waals surface area contributed by atoms with Crippen molar-refractivity contribution in [2.24, 2.45) is 11.8 Å². The van der Waals surface area contributed by atoms with E-state index in [1.165, 1.54) is 12.0 Å². The molecule has 0 spiro atoms. The van der Waals surface area contributed by atoms with Gasteiger partial charge in [0, 0.05) is 26.4 Å². The normalized spacial score (nSPS) is 20.1. The summed E-state index contributed by atoms with van der Waals surface area (Å²) in [5.74, 6) is 2.03. The average molecular weight is 388 g/mol. The fraction of sp³-hybridized carbons (Fsp3) is 0.579. The van der Waals surface area contributed by atoms with Crippen LogP contribution in [0.1, 0.15) is 26.1 Å². The Labute approximate surface area is 164 Å². The molecule has 2 aromatic rings. The van der Waals surface area contributed by atoms with Crippen molar-refractivity contribution in [3.8, 4) is 5.75 Å². The van der Waals surface area contributed by atoms with E-state index in [-0.39, 0.29) is 5.91 Å². The van der Waals surface area contributed by atoms with E-state index in [0.717, 1.165) is 38.3 Å². The Bertz CT molecular complexity index is 754. The molecule has 1 aromatic heterocycles. The van der Waals surface area contributed by atoms with Crippen LogP contribution in [0.25, 0.3) is 0 Å². The second-order valence-electron chi connectivity index (χ2n) is 7.19. The van der Waals surface area contributed by atoms with Crippen LogP contribution in [0.4, 0.5) is 5.69 Å². The van der Waals surface area contributed by atoms with E-state index in [4.69, 9.17) is 9.57 Å². The summed E-state index contributed by atoms with van der Waals surface area (Å²) in [6.07, 6.45) is 1.81. The Kier molecular flexibility index (Phi) is 6.94. The van der Waals surface area contributed by atoms with Gasteiger partial charge in [-0.1, -0.05) is 24.3 Å². The number of methoxy groups -OCH3 is 1. The maximum atomic E-state index is 12.1. The molecule has 1 aromatic carbocycles. The van der Waals surface area contributed by atoms with E-state index in [9.17, 15) is 4.79 Å². The van der Waals surface area contributed by atoms with E-state index in [1.54, 1.807) is 7.11 Å². The number of anilines is 1. The van der Waals surface area contributed by atoms with Crippen LogP contribution in [-0.4, -0.2) is 64.8 Å². The molecule has 1 aliphatic rings. The molecule has 2 atom stereocenters. The summed E-state index contributed by atoms with van der Waals surface area (Å²) in [7, 11) is 1.59. The van der Waals surface area contributed by atoms with E-state index in [1.807, 2.05) is 24.3 Å². The molecule has 9 nitrogen and oxygen atoms in total. The standard InChI is InChI=1S/C19H28N6O3/c1-14-12-24(11-9-19-20-22-23-21-19)10-8-16(14)13-28-25(15(2)26)17-6-4-5-7-18(17)27-3/h4-7,14,16H,8-13H2,1-3H3,(H,20,21,22,23)/t14-,16-/m0/s1. The van der Waals surface area contributed by atoms with Gasteiger partial charge >= 0.3 is 0 Å². The maximum absolute atomic E-state index is 12.1. The molecule has 1 saturated heterocycles. The van der Waals surface area contributed by atoms with Gasteiger partial charge in [-0.2, -0.15) is 10.3 Å². The Balaban J connectivity index is 1.52. The first-order chi connectivity index (χ1) is 13.6. The SMILES string of the molecule is COc1ccccc1N(OC[C@@H]1CCN(CCc2nn[nH]n2)C[C@@H]1C)C(C)=O. The van der Waals surface area contributed by atoms with Crippen molar-refractivity contribution < 1.29 is 14.4 Å². The molecule has 0 aliphatic carbocycles. The maximum Gasteiger partial charge on any atom is 0.247 e. The molecule has 1 N–H and O–H groups in total. The van der Waals surface area contributed by atoms with Gasteiger partial charge in [0.2, 0.25) is 5.91 Å². The second kappa shape index (κ2) is 9.61. The van der Waals surface area contributed by atoms with E-state index >= 15 is 0 Å². The molecule has 2 heterocycles. The average Bonchev–Trinajstić information content (AvgIpc) is 3.21. The van der Waals surface area contributed by atoms with Crippen molar-refractivity contribution in [2.45, 2.75) is 26.7 Å². The summed E-state index contributed by atoms with van der Waals surface area (Å²) in [5, 5.41) is 15.4. The van der Waals surface area contributed by atoms with Crippen LogP contribution >= 0.6 is 0 Å².